The predicted molar refractivity (Wildman–Crippen MR) is 50.5 cm³/mol. The Kier molecular flexibility index (Phi) is 2.76. The summed E-state index contributed by atoms with van der Waals surface area (Å²) >= 11 is 0. The van der Waals surface area contributed by atoms with Crippen molar-refractivity contribution in [3.05, 3.63) is 34.3 Å². The molecule has 0 saturated heterocycles. The second-order valence-electron chi connectivity index (χ2n) is 2.83. The Labute approximate surface area is 77.0 Å². The molecule has 1 aromatic rings. The largest absolute Gasteiger partial charge is 0.388 e. The molecule has 0 aliphatic rings. The first kappa shape index (κ1) is 9.40. The molecule has 0 saturated carbocycles. The van der Waals surface area contributed by atoms with E-state index in [1.165, 1.54) is 0 Å². The summed E-state index contributed by atoms with van der Waals surface area (Å²) in [5.41, 5.74) is 1.83. The average molecular weight is 175 g/mol. The molecule has 0 spiro atoms. The van der Waals surface area contributed by atoms with Gasteiger partial charge in [0, 0.05) is 18.1 Å². The van der Waals surface area contributed by atoms with E-state index < -0.39 is 0 Å². The van der Waals surface area contributed by atoms with Crippen LogP contribution in [0.4, 0.5) is 5.69 Å². The highest BCUT2D eigenvalue weighted by molar-refractivity contribution is 5.98. The van der Waals surface area contributed by atoms with Gasteiger partial charge in [0.05, 0.1) is 5.56 Å². The van der Waals surface area contributed by atoms with Gasteiger partial charge in [-0.3, -0.25) is 4.79 Å². The summed E-state index contributed by atoms with van der Waals surface area (Å²) in [5, 5.41) is 8.61. The summed E-state index contributed by atoms with van der Waals surface area (Å²) in [6.45, 7) is 3.59. The standard InChI is InChI=1S/C10H11N2O/c1-3-10(13)8-5-4-6-9(12-11)7(8)2/h4-6H,3H2,1-2H3/q+1. The van der Waals surface area contributed by atoms with Crippen LogP contribution in [-0.2, 0) is 0 Å². The Bertz CT molecular complexity index is 377. The lowest BCUT2D eigenvalue weighted by Gasteiger charge is -1.98. The summed E-state index contributed by atoms with van der Waals surface area (Å²) < 4.78 is 0. The van der Waals surface area contributed by atoms with E-state index >= 15 is 0 Å². The minimum absolute atomic E-state index is 0.0722. The lowest BCUT2D eigenvalue weighted by molar-refractivity contribution is 0.0987. The van der Waals surface area contributed by atoms with Crippen LogP contribution in [0.3, 0.4) is 0 Å². The van der Waals surface area contributed by atoms with Crippen molar-refractivity contribution >= 4 is 11.5 Å². The van der Waals surface area contributed by atoms with Crippen molar-refractivity contribution in [2.75, 3.05) is 0 Å². The molecule has 0 aliphatic heterocycles. The normalized spacial score (nSPS) is 9.31. The molecule has 13 heavy (non-hydrogen) atoms. The van der Waals surface area contributed by atoms with Crippen LogP contribution in [0, 0.1) is 12.3 Å². The summed E-state index contributed by atoms with van der Waals surface area (Å²) in [4.78, 5) is 14.5. The maximum atomic E-state index is 11.4. The molecule has 1 aromatic carbocycles. The Morgan fingerprint density at radius 1 is 1.54 bits per heavy atom. The van der Waals surface area contributed by atoms with Crippen LogP contribution in [0.1, 0.15) is 29.3 Å². The minimum atomic E-state index is 0.0722. The molecular formula is C10H11N2O+. The molecule has 0 radical (unpaired) electrons. The number of carbonyl (C=O) groups is 1. The SMILES string of the molecule is CCC(=O)c1cccc([N+]#N)c1C. The van der Waals surface area contributed by atoms with E-state index in [-0.39, 0.29) is 5.78 Å². The predicted octanol–water partition coefficient (Wildman–Crippen LogP) is 3.07. The van der Waals surface area contributed by atoms with Gasteiger partial charge in [-0.05, 0) is 6.92 Å². The van der Waals surface area contributed by atoms with Gasteiger partial charge in [0.15, 0.2) is 10.8 Å². The number of rotatable bonds is 2. The highest BCUT2D eigenvalue weighted by Gasteiger charge is 2.16. The van der Waals surface area contributed by atoms with Gasteiger partial charge in [-0.15, -0.1) is 0 Å². The molecule has 66 valence electrons. The maximum Gasteiger partial charge on any atom is 0.388 e. The molecule has 3 nitrogen and oxygen atoms in total. The summed E-state index contributed by atoms with van der Waals surface area (Å²) in [6, 6.07) is 5.13. The van der Waals surface area contributed by atoms with Gasteiger partial charge in [0.25, 0.3) is 0 Å². The number of benzene rings is 1. The average Bonchev–Trinajstić information content (AvgIpc) is 2.17. The Morgan fingerprint density at radius 3 is 2.77 bits per heavy atom. The van der Waals surface area contributed by atoms with Crippen LogP contribution >= 0.6 is 0 Å². The molecule has 0 amide bonds. The number of nitrogens with zero attached hydrogens (tertiary/aromatic N) is 2. The van der Waals surface area contributed by atoms with Crippen molar-refractivity contribution in [2.45, 2.75) is 20.3 Å². The third-order valence-corrected chi connectivity index (χ3v) is 2.03. The molecule has 0 fully saturated rings. The van der Waals surface area contributed by atoms with E-state index in [4.69, 9.17) is 5.39 Å². The molecule has 3 heteroatoms. The summed E-state index contributed by atoms with van der Waals surface area (Å²) in [7, 11) is 0. The first-order valence-electron chi connectivity index (χ1n) is 4.18. The monoisotopic (exact) mass is 175 g/mol. The van der Waals surface area contributed by atoms with E-state index in [9.17, 15) is 4.79 Å². The van der Waals surface area contributed by atoms with Crippen molar-refractivity contribution in [1.82, 2.24) is 0 Å². The van der Waals surface area contributed by atoms with Crippen molar-refractivity contribution in [3.8, 4) is 0 Å². The molecule has 0 bridgehead atoms. The first-order chi connectivity index (χ1) is 6.20. The second kappa shape index (κ2) is 3.81. The van der Waals surface area contributed by atoms with E-state index in [0.717, 1.165) is 5.56 Å². The number of ketones is 1. The second-order valence-corrected chi connectivity index (χ2v) is 2.83. The number of carbonyl (C=O) groups excluding carboxylic acids is 1. The third-order valence-electron chi connectivity index (χ3n) is 2.03. The lowest BCUT2D eigenvalue weighted by atomic mass is 10.0. The van der Waals surface area contributed by atoms with Gasteiger partial charge in [0.2, 0.25) is 5.39 Å². The molecule has 0 unspecified atom stereocenters. The van der Waals surface area contributed by atoms with Crippen molar-refractivity contribution in [3.63, 3.8) is 0 Å². The fraction of sp³-hybridized carbons (Fsp3) is 0.300. The minimum Gasteiger partial charge on any atom is -0.294 e. The van der Waals surface area contributed by atoms with Gasteiger partial charge < -0.3 is 0 Å². The van der Waals surface area contributed by atoms with E-state index in [1.807, 2.05) is 6.92 Å². The molecule has 1 rings (SSSR count). The van der Waals surface area contributed by atoms with Gasteiger partial charge >= 0.3 is 5.69 Å². The zero-order valence-corrected chi connectivity index (χ0v) is 7.74. The highest BCUT2D eigenvalue weighted by atomic mass is 16.1. The Morgan fingerprint density at radius 2 is 2.23 bits per heavy atom. The van der Waals surface area contributed by atoms with Crippen LogP contribution in [0.15, 0.2) is 18.2 Å². The van der Waals surface area contributed by atoms with Gasteiger partial charge in [-0.2, -0.15) is 0 Å². The number of hydrogen-bond acceptors (Lipinski definition) is 2. The van der Waals surface area contributed by atoms with Crippen molar-refractivity contribution in [2.24, 2.45) is 0 Å². The van der Waals surface area contributed by atoms with Crippen LogP contribution in [-0.4, -0.2) is 5.78 Å². The smallest absolute Gasteiger partial charge is 0.294 e. The van der Waals surface area contributed by atoms with Crippen molar-refractivity contribution in [1.29, 1.82) is 5.39 Å². The number of Topliss-reactive ketones (excluding diaryl/α,β-unsaturated/α-hetero) is 1. The molecule has 0 aliphatic carbocycles. The molecule has 0 aromatic heterocycles. The first-order valence-corrected chi connectivity index (χ1v) is 4.18. The van der Waals surface area contributed by atoms with E-state index in [1.54, 1.807) is 25.1 Å². The van der Waals surface area contributed by atoms with Crippen LogP contribution in [0.25, 0.3) is 4.98 Å². The quantitative estimate of drug-likeness (QED) is 0.512. The molecule has 0 heterocycles. The number of hydrogen-bond donors (Lipinski definition) is 0. The molecule has 0 atom stereocenters. The molecule has 0 N–H and O–H groups in total. The Hall–Kier alpha value is -1.69. The van der Waals surface area contributed by atoms with Crippen molar-refractivity contribution < 1.29 is 4.79 Å². The Balaban J connectivity index is 3.25. The molecular weight excluding hydrogens is 164 g/mol. The maximum absolute atomic E-state index is 11.4. The summed E-state index contributed by atoms with van der Waals surface area (Å²) in [5.74, 6) is 0.0722. The topological polar surface area (TPSA) is 45.2 Å². The van der Waals surface area contributed by atoms with Crippen LogP contribution < -0.4 is 0 Å². The van der Waals surface area contributed by atoms with Crippen LogP contribution in [0.5, 0.6) is 0 Å². The summed E-state index contributed by atoms with van der Waals surface area (Å²) in [6.07, 6.45) is 0.468. The van der Waals surface area contributed by atoms with Crippen LogP contribution in [0.2, 0.25) is 0 Å². The highest BCUT2D eigenvalue weighted by Crippen LogP contribution is 2.22. The zero-order valence-electron chi connectivity index (χ0n) is 7.74. The van der Waals surface area contributed by atoms with Gasteiger partial charge in [-0.1, -0.05) is 19.1 Å². The van der Waals surface area contributed by atoms with E-state index in [0.29, 0.717) is 17.7 Å². The third kappa shape index (κ3) is 1.73. The van der Waals surface area contributed by atoms with Gasteiger partial charge in [0.1, 0.15) is 0 Å². The lowest BCUT2D eigenvalue weighted by Crippen LogP contribution is -1.98. The zero-order chi connectivity index (χ0) is 9.84. The number of diazo groups is 1. The van der Waals surface area contributed by atoms with Gasteiger partial charge in [-0.25, -0.2) is 0 Å². The fourth-order valence-electron chi connectivity index (χ4n) is 1.22. The fourth-order valence-corrected chi connectivity index (χ4v) is 1.22. The van der Waals surface area contributed by atoms with E-state index in [2.05, 4.69) is 4.98 Å².